The maximum atomic E-state index is 11.3. The first-order valence-corrected chi connectivity index (χ1v) is 8.50. The second kappa shape index (κ2) is 6.84. The van der Waals surface area contributed by atoms with E-state index in [1.807, 2.05) is 28.8 Å². The molecule has 118 valence electrons. The van der Waals surface area contributed by atoms with E-state index in [2.05, 4.69) is 21.6 Å². The van der Waals surface area contributed by atoms with Crippen molar-refractivity contribution in [3.63, 3.8) is 0 Å². The van der Waals surface area contributed by atoms with E-state index in [4.69, 9.17) is 5.26 Å². The number of nitriles is 1. The molecule has 1 aliphatic rings. The van der Waals surface area contributed by atoms with Crippen molar-refractivity contribution in [3.05, 3.63) is 30.1 Å². The molecule has 0 unspecified atom stereocenters. The number of hydrogen-bond acceptors (Lipinski definition) is 5. The minimum absolute atomic E-state index is 0.100. The Morgan fingerprint density at radius 2 is 2.30 bits per heavy atom. The zero-order chi connectivity index (χ0) is 16.2. The summed E-state index contributed by atoms with van der Waals surface area (Å²) in [6.07, 6.45) is 2.74. The van der Waals surface area contributed by atoms with Gasteiger partial charge in [0.2, 0.25) is 5.91 Å². The number of carbonyl (C=O) groups is 1. The second-order valence-electron chi connectivity index (χ2n) is 5.44. The first kappa shape index (κ1) is 15.6. The minimum atomic E-state index is -0.100. The summed E-state index contributed by atoms with van der Waals surface area (Å²) < 4.78 is 2.05. The van der Waals surface area contributed by atoms with Gasteiger partial charge in [0.05, 0.1) is 11.8 Å². The predicted molar refractivity (Wildman–Crippen MR) is 88.6 cm³/mol. The van der Waals surface area contributed by atoms with Crippen molar-refractivity contribution in [2.45, 2.75) is 37.3 Å². The summed E-state index contributed by atoms with van der Waals surface area (Å²) in [5.41, 5.74) is 1.68. The number of rotatable bonds is 6. The zero-order valence-electron chi connectivity index (χ0n) is 12.8. The second-order valence-corrected chi connectivity index (χ2v) is 6.50. The number of thioether (sulfide) groups is 1. The lowest BCUT2D eigenvalue weighted by atomic mass is 10.2. The fourth-order valence-electron chi connectivity index (χ4n) is 2.34. The van der Waals surface area contributed by atoms with Gasteiger partial charge < -0.3 is 5.32 Å². The molecule has 0 aliphatic heterocycles. The Labute approximate surface area is 138 Å². The molecule has 1 aliphatic carbocycles. The standard InChI is InChI=1S/C16H17N5OS/c1-11(22)18-13-4-2-5-14(10-13)21-15(12-6-7-12)19-20-16(21)23-9-3-8-17/h2,4-5,10,12H,3,6-7,9H2,1H3,(H,18,22). The molecular weight excluding hydrogens is 310 g/mol. The number of aromatic nitrogens is 3. The molecule has 3 rings (SSSR count). The number of nitrogens with zero attached hydrogens (tertiary/aromatic N) is 4. The van der Waals surface area contributed by atoms with Crippen molar-refractivity contribution < 1.29 is 4.79 Å². The first-order valence-electron chi connectivity index (χ1n) is 7.52. The summed E-state index contributed by atoms with van der Waals surface area (Å²) in [6, 6.07) is 9.81. The van der Waals surface area contributed by atoms with Crippen LogP contribution in [0.4, 0.5) is 5.69 Å². The number of carbonyl (C=O) groups excluding carboxylic acids is 1. The molecule has 1 aromatic carbocycles. The molecule has 7 heteroatoms. The quantitative estimate of drug-likeness (QED) is 0.651. The van der Waals surface area contributed by atoms with Gasteiger partial charge >= 0.3 is 0 Å². The van der Waals surface area contributed by atoms with E-state index in [1.54, 1.807) is 0 Å². The van der Waals surface area contributed by atoms with Crippen LogP contribution in [0, 0.1) is 11.3 Å². The molecule has 0 atom stereocenters. The summed E-state index contributed by atoms with van der Waals surface area (Å²) >= 11 is 1.53. The Morgan fingerprint density at radius 1 is 1.48 bits per heavy atom. The van der Waals surface area contributed by atoms with Gasteiger partial charge in [-0.2, -0.15) is 5.26 Å². The number of hydrogen-bond donors (Lipinski definition) is 1. The van der Waals surface area contributed by atoms with E-state index in [0.717, 1.165) is 35.2 Å². The van der Waals surface area contributed by atoms with E-state index >= 15 is 0 Å². The summed E-state index contributed by atoms with van der Waals surface area (Å²) in [5.74, 6) is 2.00. The van der Waals surface area contributed by atoms with Gasteiger partial charge in [0.15, 0.2) is 5.16 Å². The molecule has 0 radical (unpaired) electrons. The molecule has 0 saturated heterocycles. The van der Waals surface area contributed by atoms with Gasteiger partial charge in [-0.1, -0.05) is 17.8 Å². The average molecular weight is 327 g/mol. The first-order chi connectivity index (χ1) is 11.2. The number of nitrogens with one attached hydrogen (secondary N) is 1. The Balaban J connectivity index is 1.95. The molecule has 0 bridgehead atoms. The predicted octanol–water partition coefficient (Wildman–Crippen LogP) is 3.11. The van der Waals surface area contributed by atoms with Crippen molar-refractivity contribution >= 4 is 23.4 Å². The molecule has 1 aromatic heterocycles. The van der Waals surface area contributed by atoms with Gasteiger partial charge in [0.1, 0.15) is 5.82 Å². The molecule has 1 fully saturated rings. The largest absolute Gasteiger partial charge is 0.326 e. The Bertz CT molecular complexity index is 760. The molecule has 23 heavy (non-hydrogen) atoms. The Kier molecular flexibility index (Phi) is 4.63. The third kappa shape index (κ3) is 3.71. The van der Waals surface area contributed by atoms with Crippen LogP contribution in [-0.2, 0) is 4.79 Å². The SMILES string of the molecule is CC(=O)Nc1cccc(-n2c(SCCC#N)nnc2C2CC2)c1. The van der Waals surface area contributed by atoms with Gasteiger partial charge in [-0.25, -0.2) is 0 Å². The topological polar surface area (TPSA) is 83.6 Å². The molecule has 0 spiro atoms. The molecular formula is C16H17N5OS. The van der Waals surface area contributed by atoms with Crippen LogP contribution in [0.5, 0.6) is 0 Å². The van der Waals surface area contributed by atoms with E-state index in [9.17, 15) is 4.79 Å². The lowest BCUT2D eigenvalue weighted by Crippen LogP contribution is -2.07. The van der Waals surface area contributed by atoms with Crippen LogP contribution in [0.15, 0.2) is 29.4 Å². The molecule has 2 aromatic rings. The normalized spacial score (nSPS) is 13.6. The fourth-order valence-corrected chi connectivity index (χ4v) is 3.14. The molecule has 1 amide bonds. The van der Waals surface area contributed by atoms with Crippen molar-refractivity contribution in [2.24, 2.45) is 0 Å². The molecule has 1 heterocycles. The number of benzene rings is 1. The summed E-state index contributed by atoms with van der Waals surface area (Å²) in [7, 11) is 0. The smallest absolute Gasteiger partial charge is 0.221 e. The van der Waals surface area contributed by atoms with E-state index in [0.29, 0.717) is 18.1 Å². The van der Waals surface area contributed by atoms with E-state index < -0.39 is 0 Å². The Hall–Kier alpha value is -2.33. The lowest BCUT2D eigenvalue weighted by molar-refractivity contribution is -0.114. The van der Waals surface area contributed by atoms with Crippen LogP contribution in [0.3, 0.4) is 0 Å². The Morgan fingerprint density at radius 3 is 3.00 bits per heavy atom. The molecule has 1 N–H and O–H groups in total. The van der Waals surface area contributed by atoms with Crippen LogP contribution in [0.25, 0.3) is 5.69 Å². The van der Waals surface area contributed by atoms with Crippen molar-refractivity contribution in [1.29, 1.82) is 5.26 Å². The zero-order valence-corrected chi connectivity index (χ0v) is 13.6. The highest BCUT2D eigenvalue weighted by Crippen LogP contribution is 2.41. The van der Waals surface area contributed by atoms with E-state index in [1.165, 1.54) is 18.7 Å². The van der Waals surface area contributed by atoms with Gasteiger partial charge in [0.25, 0.3) is 0 Å². The third-order valence-electron chi connectivity index (χ3n) is 3.47. The van der Waals surface area contributed by atoms with Gasteiger partial charge in [0, 0.05) is 30.7 Å². The highest BCUT2D eigenvalue weighted by molar-refractivity contribution is 7.99. The highest BCUT2D eigenvalue weighted by Gasteiger charge is 2.31. The molecule has 6 nitrogen and oxygen atoms in total. The van der Waals surface area contributed by atoms with Crippen molar-refractivity contribution in [2.75, 3.05) is 11.1 Å². The van der Waals surface area contributed by atoms with Gasteiger partial charge in [-0.05, 0) is 31.0 Å². The highest BCUT2D eigenvalue weighted by atomic mass is 32.2. The van der Waals surface area contributed by atoms with Crippen LogP contribution in [0.1, 0.15) is 37.9 Å². The van der Waals surface area contributed by atoms with Crippen LogP contribution < -0.4 is 5.32 Å². The summed E-state index contributed by atoms with van der Waals surface area (Å²) in [5, 5.41) is 20.9. The maximum absolute atomic E-state index is 11.3. The van der Waals surface area contributed by atoms with E-state index in [-0.39, 0.29) is 5.91 Å². The van der Waals surface area contributed by atoms with Crippen molar-refractivity contribution in [3.8, 4) is 11.8 Å². The molecule has 1 saturated carbocycles. The summed E-state index contributed by atoms with van der Waals surface area (Å²) in [6.45, 7) is 1.49. The minimum Gasteiger partial charge on any atom is -0.326 e. The summed E-state index contributed by atoms with van der Waals surface area (Å²) in [4.78, 5) is 11.3. The average Bonchev–Trinajstić information content (AvgIpc) is 3.28. The van der Waals surface area contributed by atoms with Crippen LogP contribution >= 0.6 is 11.8 Å². The maximum Gasteiger partial charge on any atom is 0.221 e. The fraction of sp³-hybridized carbons (Fsp3) is 0.375. The third-order valence-corrected chi connectivity index (χ3v) is 4.40. The van der Waals surface area contributed by atoms with Gasteiger partial charge in [-0.3, -0.25) is 9.36 Å². The van der Waals surface area contributed by atoms with Crippen LogP contribution in [-0.4, -0.2) is 26.4 Å². The van der Waals surface area contributed by atoms with Crippen molar-refractivity contribution in [1.82, 2.24) is 14.8 Å². The number of amides is 1. The monoisotopic (exact) mass is 327 g/mol. The lowest BCUT2D eigenvalue weighted by Gasteiger charge is -2.11. The van der Waals surface area contributed by atoms with Gasteiger partial charge in [-0.15, -0.1) is 10.2 Å². The van der Waals surface area contributed by atoms with Crippen LogP contribution in [0.2, 0.25) is 0 Å². The number of anilines is 1.